The van der Waals surface area contributed by atoms with E-state index < -0.39 is 0 Å². The Morgan fingerprint density at radius 3 is 2.95 bits per heavy atom. The molecular formula is C15H18N2O2S. The van der Waals surface area contributed by atoms with Crippen LogP contribution in [-0.2, 0) is 22.5 Å². The van der Waals surface area contributed by atoms with Crippen LogP contribution in [0.15, 0.2) is 41.1 Å². The largest absolute Gasteiger partial charge is 0.486 e. The summed E-state index contributed by atoms with van der Waals surface area (Å²) in [6, 6.07) is 4.24. The molecule has 0 spiro atoms. The molecule has 1 aromatic heterocycles. The normalized spacial score (nSPS) is 15.6. The molecule has 1 aliphatic rings. The van der Waals surface area contributed by atoms with Gasteiger partial charge in [-0.25, -0.2) is 4.99 Å². The number of thiophene rings is 1. The third kappa shape index (κ3) is 3.81. The lowest BCUT2D eigenvalue weighted by molar-refractivity contribution is -0.125. The number of carbonyl (C=O) groups is 1. The van der Waals surface area contributed by atoms with Crippen molar-refractivity contribution in [3.63, 3.8) is 0 Å². The summed E-state index contributed by atoms with van der Waals surface area (Å²) in [5.41, 5.74) is 0.968. The molecule has 0 saturated carbocycles. The molecule has 0 saturated heterocycles. The zero-order valence-corrected chi connectivity index (χ0v) is 12.5. The second-order valence-electron chi connectivity index (χ2n) is 4.44. The Labute approximate surface area is 123 Å². The standard InChI is InChI=1S/C15H18N2O2S/c1-3-13-4-5-14(20-13)10-17-9-12(8-15(17)18)6-7-16-11-19-2/h4-8,11H,3,9-10H2,1-2H3/b7-6-,16-11?. The first-order valence-corrected chi connectivity index (χ1v) is 7.32. The Morgan fingerprint density at radius 1 is 1.45 bits per heavy atom. The zero-order valence-electron chi connectivity index (χ0n) is 11.7. The Balaban J connectivity index is 1.91. The number of rotatable bonds is 6. The molecular weight excluding hydrogens is 272 g/mol. The molecule has 0 atom stereocenters. The third-order valence-electron chi connectivity index (χ3n) is 2.95. The van der Waals surface area contributed by atoms with Gasteiger partial charge in [-0.05, 0) is 30.2 Å². The van der Waals surface area contributed by atoms with Gasteiger partial charge >= 0.3 is 0 Å². The summed E-state index contributed by atoms with van der Waals surface area (Å²) in [5.74, 6) is 0.0619. The summed E-state index contributed by atoms with van der Waals surface area (Å²) >= 11 is 1.77. The maximum absolute atomic E-state index is 11.9. The molecule has 0 aliphatic carbocycles. The molecule has 0 bridgehead atoms. The van der Waals surface area contributed by atoms with Crippen LogP contribution in [0.5, 0.6) is 0 Å². The summed E-state index contributed by atoms with van der Waals surface area (Å²) in [4.78, 5) is 20.2. The highest BCUT2D eigenvalue weighted by Gasteiger charge is 2.20. The van der Waals surface area contributed by atoms with Crippen LogP contribution in [0.1, 0.15) is 16.7 Å². The van der Waals surface area contributed by atoms with Gasteiger partial charge in [0.15, 0.2) is 6.40 Å². The molecule has 0 N–H and O–H groups in total. The van der Waals surface area contributed by atoms with E-state index in [1.807, 2.05) is 11.0 Å². The molecule has 1 amide bonds. The van der Waals surface area contributed by atoms with Crippen molar-refractivity contribution in [1.82, 2.24) is 4.90 Å². The lowest BCUT2D eigenvalue weighted by Gasteiger charge is -2.14. The van der Waals surface area contributed by atoms with Crippen LogP contribution < -0.4 is 0 Å². The number of aliphatic imine (C=N–C) groups is 1. The van der Waals surface area contributed by atoms with Crippen molar-refractivity contribution in [2.45, 2.75) is 19.9 Å². The van der Waals surface area contributed by atoms with E-state index in [9.17, 15) is 4.79 Å². The van der Waals surface area contributed by atoms with Crippen molar-refractivity contribution in [1.29, 1.82) is 0 Å². The van der Waals surface area contributed by atoms with E-state index in [1.165, 1.54) is 16.2 Å². The molecule has 0 fully saturated rings. The average Bonchev–Trinajstić information content (AvgIpc) is 3.03. The summed E-state index contributed by atoms with van der Waals surface area (Å²) in [6.07, 6.45) is 7.52. The van der Waals surface area contributed by atoms with E-state index in [1.54, 1.807) is 30.7 Å². The minimum atomic E-state index is 0.0619. The molecule has 20 heavy (non-hydrogen) atoms. The van der Waals surface area contributed by atoms with Crippen molar-refractivity contribution in [2.24, 2.45) is 4.99 Å². The Bertz CT molecular complexity index is 558. The first-order valence-electron chi connectivity index (χ1n) is 6.51. The highest BCUT2D eigenvalue weighted by Crippen LogP contribution is 2.21. The van der Waals surface area contributed by atoms with Crippen molar-refractivity contribution in [3.8, 4) is 0 Å². The fraction of sp³-hybridized carbons (Fsp3) is 0.333. The van der Waals surface area contributed by atoms with Gasteiger partial charge in [0.2, 0.25) is 5.91 Å². The van der Waals surface area contributed by atoms with E-state index in [-0.39, 0.29) is 5.91 Å². The maximum Gasteiger partial charge on any atom is 0.247 e. The van der Waals surface area contributed by atoms with E-state index in [0.717, 1.165) is 12.0 Å². The van der Waals surface area contributed by atoms with E-state index >= 15 is 0 Å². The van der Waals surface area contributed by atoms with Crippen molar-refractivity contribution < 1.29 is 9.53 Å². The molecule has 1 aromatic rings. The molecule has 4 nitrogen and oxygen atoms in total. The minimum Gasteiger partial charge on any atom is -0.486 e. The fourth-order valence-corrected chi connectivity index (χ4v) is 2.92. The third-order valence-corrected chi connectivity index (χ3v) is 4.16. The van der Waals surface area contributed by atoms with Gasteiger partial charge in [0.25, 0.3) is 0 Å². The second-order valence-corrected chi connectivity index (χ2v) is 5.69. The van der Waals surface area contributed by atoms with Crippen LogP contribution in [0, 0.1) is 0 Å². The number of aryl methyl sites for hydroxylation is 1. The first-order chi connectivity index (χ1) is 9.72. The van der Waals surface area contributed by atoms with Gasteiger partial charge in [-0.2, -0.15) is 0 Å². The van der Waals surface area contributed by atoms with Gasteiger partial charge in [0, 0.05) is 28.6 Å². The quantitative estimate of drug-likeness (QED) is 0.597. The van der Waals surface area contributed by atoms with Crippen LogP contribution >= 0.6 is 11.3 Å². The summed E-state index contributed by atoms with van der Waals surface area (Å²) < 4.78 is 4.70. The molecule has 2 heterocycles. The molecule has 106 valence electrons. The second kappa shape index (κ2) is 7.05. The average molecular weight is 290 g/mol. The highest BCUT2D eigenvalue weighted by molar-refractivity contribution is 7.11. The lowest BCUT2D eigenvalue weighted by Crippen LogP contribution is -2.24. The predicted octanol–water partition coefficient (Wildman–Crippen LogP) is 2.77. The van der Waals surface area contributed by atoms with Crippen LogP contribution in [0.3, 0.4) is 0 Å². The van der Waals surface area contributed by atoms with Crippen LogP contribution in [0.25, 0.3) is 0 Å². The SMILES string of the molecule is CCc1ccc(CN2CC(/C=C\N=COC)=CC2=O)s1. The number of amides is 1. The number of carbonyl (C=O) groups excluding carboxylic acids is 1. The van der Waals surface area contributed by atoms with Crippen LogP contribution in [0.4, 0.5) is 0 Å². The molecule has 1 aliphatic heterocycles. The molecule has 2 rings (SSSR count). The van der Waals surface area contributed by atoms with E-state index in [0.29, 0.717) is 13.1 Å². The first kappa shape index (κ1) is 14.5. The topological polar surface area (TPSA) is 41.9 Å². The molecule has 0 aromatic carbocycles. The number of ether oxygens (including phenoxy) is 1. The summed E-state index contributed by atoms with van der Waals surface area (Å²) in [5, 5.41) is 0. The van der Waals surface area contributed by atoms with Gasteiger partial charge in [0.05, 0.1) is 13.7 Å². The van der Waals surface area contributed by atoms with Gasteiger partial charge in [0.1, 0.15) is 0 Å². The van der Waals surface area contributed by atoms with Crippen molar-refractivity contribution in [3.05, 3.63) is 45.8 Å². The van der Waals surface area contributed by atoms with Crippen molar-refractivity contribution in [2.75, 3.05) is 13.7 Å². The summed E-state index contributed by atoms with van der Waals surface area (Å²) in [6.45, 7) is 3.46. The molecule has 0 unspecified atom stereocenters. The molecule has 5 heteroatoms. The Hall–Kier alpha value is -1.88. The number of methoxy groups -OCH3 is 1. The van der Waals surface area contributed by atoms with Crippen LogP contribution in [0.2, 0.25) is 0 Å². The highest BCUT2D eigenvalue weighted by atomic mass is 32.1. The minimum absolute atomic E-state index is 0.0619. The van der Waals surface area contributed by atoms with Crippen molar-refractivity contribution >= 4 is 23.6 Å². The van der Waals surface area contributed by atoms with Gasteiger partial charge in [-0.15, -0.1) is 11.3 Å². The number of hydrogen-bond acceptors (Lipinski definition) is 4. The number of nitrogens with zero attached hydrogens (tertiary/aromatic N) is 2. The Morgan fingerprint density at radius 2 is 2.25 bits per heavy atom. The van der Waals surface area contributed by atoms with Gasteiger partial charge in [-0.1, -0.05) is 6.92 Å². The monoisotopic (exact) mass is 290 g/mol. The van der Waals surface area contributed by atoms with E-state index in [2.05, 4.69) is 24.0 Å². The lowest BCUT2D eigenvalue weighted by atomic mass is 10.3. The predicted molar refractivity (Wildman–Crippen MR) is 81.8 cm³/mol. The molecule has 0 radical (unpaired) electrons. The summed E-state index contributed by atoms with van der Waals surface area (Å²) in [7, 11) is 1.54. The van der Waals surface area contributed by atoms with Crippen LogP contribution in [-0.4, -0.2) is 30.9 Å². The van der Waals surface area contributed by atoms with E-state index in [4.69, 9.17) is 4.74 Å². The Kier molecular flexibility index (Phi) is 5.12. The fourth-order valence-electron chi connectivity index (χ4n) is 1.95. The van der Waals surface area contributed by atoms with Gasteiger partial charge < -0.3 is 9.64 Å². The smallest absolute Gasteiger partial charge is 0.247 e. The maximum atomic E-state index is 11.9. The number of hydrogen-bond donors (Lipinski definition) is 0. The van der Waals surface area contributed by atoms with Gasteiger partial charge in [-0.3, -0.25) is 4.79 Å². The zero-order chi connectivity index (χ0) is 14.4.